The van der Waals surface area contributed by atoms with Crippen LogP contribution in [0.15, 0.2) is 0 Å². The highest BCUT2D eigenvalue weighted by Crippen LogP contribution is 1.86. The van der Waals surface area contributed by atoms with Crippen LogP contribution in [0.3, 0.4) is 0 Å². The van der Waals surface area contributed by atoms with Crippen LogP contribution in [-0.2, 0) is 23.8 Å². The van der Waals surface area contributed by atoms with Crippen LogP contribution in [0.4, 0.5) is 4.79 Å². The second-order valence-electron chi connectivity index (χ2n) is 3.32. The summed E-state index contributed by atoms with van der Waals surface area (Å²) >= 11 is 4.84. The molecule has 19 heavy (non-hydrogen) atoms. The van der Waals surface area contributed by atoms with Gasteiger partial charge in [0.25, 0.3) is 0 Å². The van der Waals surface area contributed by atoms with E-state index in [2.05, 4.69) is 9.47 Å². The third kappa shape index (κ3) is 26.5. The van der Waals surface area contributed by atoms with Crippen molar-refractivity contribution in [2.24, 2.45) is 0 Å². The fourth-order valence-electron chi connectivity index (χ4n) is 0.677. The number of ketones is 2. The second-order valence-corrected chi connectivity index (χ2v) is 3.63. The molecule has 0 saturated heterocycles. The molecule has 0 amide bonds. The first kappa shape index (κ1) is 20.3. The highest BCUT2D eigenvalue weighted by molar-refractivity contribution is 6.61. The van der Waals surface area contributed by atoms with Gasteiger partial charge in [-0.15, -0.1) is 0 Å². The summed E-state index contributed by atoms with van der Waals surface area (Å²) in [4.78, 5) is 30.4. The zero-order valence-electron chi connectivity index (χ0n) is 11.0. The quantitative estimate of drug-likeness (QED) is 0.490. The standard InChI is InChI=1S/C6H9ClO4.C5H10O3/c1-5(8)4-10-2-3-11-6(7)9;1-5(7)4-8-3-2-6/h2-4H2,1H3;6H,2-4H2,1H3. The van der Waals surface area contributed by atoms with Crippen molar-refractivity contribution in [3.63, 3.8) is 0 Å². The third-order valence-corrected chi connectivity index (χ3v) is 1.40. The zero-order valence-corrected chi connectivity index (χ0v) is 11.8. The Morgan fingerprint density at radius 3 is 1.79 bits per heavy atom. The Kier molecular flexibility index (Phi) is 16.1. The van der Waals surface area contributed by atoms with Crippen LogP contribution in [0.2, 0.25) is 0 Å². The number of halogens is 1. The molecule has 0 saturated carbocycles. The maximum Gasteiger partial charge on any atom is 0.403 e. The van der Waals surface area contributed by atoms with Crippen molar-refractivity contribution in [3.8, 4) is 0 Å². The first-order valence-corrected chi connectivity index (χ1v) is 5.85. The van der Waals surface area contributed by atoms with Crippen LogP contribution in [0, 0.1) is 0 Å². The molecule has 0 unspecified atom stereocenters. The molecular weight excluding hydrogens is 280 g/mol. The molecule has 0 bridgehead atoms. The molecule has 0 heterocycles. The number of carbonyl (C=O) groups excluding carboxylic acids is 3. The molecule has 112 valence electrons. The molecule has 0 fully saturated rings. The van der Waals surface area contributed by atoms with Gasteiger partial charge >= 0.3 is 5.43 Å². The zero-order chi connectivity index (χ0) is 15.1. The van der Waals surface area contributed by atoms with E-state index < -0.39 is 5.43 Å². The summed E-state index contributed by atoms with van der Waals surface area (Å²) in [7, 11) is 0. The van der Waals surface area contributed by atoms with Gasteiger partial charge in [-0.05, 0) is 13.8 Å². The van der Waals surface area contributed by atoms with E-state index in [0.29, 0.717) is 0 Å². The molecule has 0 radical (unpaired) electrons. The Labute approximate surface area is 116 Å². The summed E-state index contributed by atoms with van der Waals surface area (Å²) < 4.78 is 13.7. The monoisotopic (exact) mass is 298 g/mol. The van der Waals surface area contributed by atoms with Gasteiger partial charge < -0.3 is 19.3 Å². The number of ether oxygens (including phenoxy) is 3. The number of aliphatic hydroxyl groups is 1. The van der Waals surface area contributed by atoms with Gasteiger partial charge in [-0.2, -0.15) is 0 Å². The van der Waals surface area contributed by atoms with Gasteiger partial charge in [0.05, 0.1) is 19.8 Å². The molecule has 0 aliphatic carbocycles. The van der Waals surface area contributed by atoms with E-state index in [4.69, 9.17) is 21.4 Å². The molecule has 0 aliphatic rings. The van der Waals surface area contributed by atoms with E-state index >= 15 is 0 Å². The Balaban J connectivity index is 0. The molecule has 0 atom stereocenters. The summed E-state index contributed by atoms with van der Waals surface area (Å²) in [6, 6.07) is 0. The van der Waals surface area contributed by atoms with Gasteiger partial charge in [0, 0.05) is 11.6 Å². The van der Waals surface area contributed by atoms with Crippen LogP contribution >= 0.6 is 11.6 Å². The Morgan fingerprint density at radius 2 is 1.42 bits per heavy atom. The predicted octanol–water partition coefficient (Wildman–Crippen LogP) is 0.552. The minimum atomic E-state index is -0.864. The second kappa shape index (κ2) is 15.0. The third-order valence-electron chi connectivity index (χ3n) is 1.29. The lowest BCUT2D eigenvalue weighted by molar-refractivity contribution is -0.122. The molecule has 7 nitrogen and oxygen atoms in total. The van der Waals surface area contributed by atoms with Crippen molar-refractivity contribution in [1.82, 2.24) is 0 Å². The number of aliphatic hydroxyl groups excluding tert-OH is 1. The lowest BCUT2D eigenvalue weighted by atomic mass is 10.5. The van der Waals surface area contributed by atoms with Crippen molar-refractivity contribution in [2.45, 2.75) is 13.8 Å². The lowest BCUT2D eigenvalue weighted by Gasteiger charge is -2.00. The normalized spacial score (nSPS) is 9.26. The van der Waals surface area contributed by atoms with E-state index in [-0.39, 0.29) is 51.2 Å². The van der Waals surface area contributed by atoms with Crippen molar-refractivity contribution in [3.05, 3.63) is 0 Å². The molecule has 1 N–H and O–H groups in total. The molecule has 0 rings (SSSR count). The molecule has 0 aromatic rings. The Hall–Kier alpha value is -1.02. The smallest absolute Gasteiger partial charge is 0.403 e. The summed E-state index contributed by atoms with van der Waals surface area (Å²) in [5.74, 6) is -0.0827. The highest BCUT2D eigenvalue weighted by atomic mass is 35.5. The average molecular weight is 299 g/mol. The minimum Gasteiger partial charge on any atom is -0.451 e. The lowest BCUT2D eigenvalue weighted by Crippen LogP contribution is -2.10. The van der Waals surface area contributed by atoms with E-state index in [9.17, 15) is 14.4 Å². The van der Waals surface area contributed by atoms with E-state index in [1.54, 1.807) is 0 Å². The maximum absolute atomic E-state index is 10.3. The molecule has 0 spiro atoms. The van der Waals surface area contributed by atoms with E-state index in [0.717, 1.165) is 0 Å². The first-order chi connectivity index (χ1) is 8.90. The number of hydrogen-bond acceptors (Lipinski definition) is 7. The van der Waals surface area contributed by atoms with Gasteiger partial charge in [0.1, 0.15) is 19.8 Å². The van der Waals surface area contributed by atoms with Crippen molar-refractivity contribution in [2.75, 3.05) is 39.6 Å². The maximum atomic E-state index is 10.3. The summed E-state index contributed by atoms with van der Waals surface area (Å²) in [6.45, 7) is 3.51. The highest BCUT2D eigenvalue weighted by Gasteiger charge is 1.96. The van der Waals surface area contributed by atoms with Crippen LogP contribution in [0.25, 0.3) is 0 Å². The molecule has 8 heteroatoms. The predicted molar refractivity (Wildman–Crippen MR) is 67.3 cm³/mol. The largest absolute Gasteiger partial charge is 0.451 e. The van der Waals surface area contributed by atoms with E-state index in [1.165, 1.54) is 13.8 Å². The molecule has 0 aromatic carbocycles. The summed E-state index contributed by atoms with van der Waals surface area (Å²) in [6.07, 6.45) is 0. The summed E-state index contributed by atoms with van der Waals surface area (Å²) in [5.41, 5.74) is -0.864. The van der Waals surface area contributed by atoms with Gasteiger partial charge in [0.15, 0.2) is 11.6 Å². The topological polar surface area (TPSA) is 99.1 Å². The minimum absolute atomic E-state index is 0.0153. The Bertz CT molecular complexity index is 252. The number of Topliss-reactive ketones (excluding diaryl/α,β-unsaturated/α-hetero) is 2. The number of rotatable bonds is 9. The van der Waals surface area contributed by atoms with Crippen LogP contribution < -0.4 is 0 Å². The van der Waals surface area contributed by atoms with Crippen molar-refractivity contribution >= 4 is 28.6 Å². The number of hydrogen-bond donors (Lipinski definition) is 1. The van der Waals surface area contributed by atoms with E-state index in [1.807, 2.05) is 0 Å². The van der Waals surface area contributed by atoms with Crippen LogP contribution in [0.5, 0.6) is 0 Å². The van der Waals surface area contributed by atoms with Gasteiger partial charge in [-0.3, -0.25) is 9.59 Å². The molecular formula is C11H19ClO7. The summed E-state index contributed by atoms with van der Waals surface area (Å²) in [5, 5.41) is 8.14. The van der Waals surface area contributed by atoms with Gasteiger partial charge in [-0.1, -0.05) is 0 Å². The van der Waals surface area contributed by atoms with Crippen LogP contribution in [0.1, 0.15) is 13.8 Å². The van der Waals surface area contributed by atoms with Gasteiger partial charge in [0.2, 0.25) is 0 Å². The van der Waals surface area contributed by atoms with Crippen molar-refractivity contribution < 1.29 is 33.7 Å². The number of carbonyl (C=O) groups is 3. The Morgan fingerprint density at radius 1 is 0.947 bits per heavy atom. The fourth-order valence-corrected chi connectivity index (χ4v) is 0.754. The molecule has 0 aliphatic heterocycles. The van der Waals surface area contributed by atoms with Gasteiger partial charge in [-0.25, -0.2) is 4.79 Å². The van der Waals surface area contributed by atoms with Crippen molar-refractivity contribution in [1.29, 1.82) is 0 Å². The first-order valence-electron chi connectivity index (χ1n) is 5.47. The average Bonchev–Trinajstić information content (AvgIpc) is 2.28. The molecule has 0 aromatic heterocycles. The van der Waals surface area contributed by atoms with Crippen LogP contribution in [-0.4, -0.2) is 61.7 Å². The fraction of sp³-hybridized carbons (Fsp3) is 0.727. The SMILES string of the molecule is CC(=O)COCCO.CC(=O)COCCOC(=O)Cl.